The first-order valence-electron chi connectivity index (χ1n) is 8.94. The zero-order chi connectivity index (χ0) is 17.2. The number of aromatic nitrogens is 3. The van der Waals surface area contributed by atoms with Gasteiger partial charge in [-0.2, -0.15) is 9.78 Å². The molecular weight excluding hydrogens is 312 g/mol. The predicted octanol–water partition coefficient (Wildman–Crippen LogP) is 4.25. The number of amides is 1. The van der Waals surface area contributed by atoms with E-state index < -0.39 is 0 Å². The van der Waals surface area contributed by atoms with E-state index in [1.807, 2.05) is 49.4 Å². The first kappa shape index (κ1) is 15.8. The van der Waals surface area contributed by atoms with E-state index in [0.29, 0.717) is 11.6 Å². The van der Waals surface area contributed by atoms with Crippen LogP contribution < -0.4 is 5.32 Å². The van der Waals surface area contributed by atoms with E-state index in [-0.39, 0.29) is 11.8 Å². The summed E-state index contributed by atoms with van der Waals surface area (Å²) in [7, 11) is 0. The van der Waals surface area contributed by atoms with Gasteiger partial charge in [0, 0.05) is 17.4 Å². The summed E-state index contributed by atoms with van der Waals surface area (Å²) in [4.78, 5) is 17.3. The Morgan fingerprint density at radius 2 is 1.92 bits per heavy atom. The second-order valence-electron chi connectivity index (χ2n) is 6.77. The van der Waals surface area contributed by atoms with Crippen molar-refractivity contribution in [2.45, 2.75) is 39.0 Å². The van der Waals surface area contributed by atoms with Gasteiger partial charge in [-0.25, -0.2) is 4.98 Å². The van der Waals surface area contributed by atoms with Crippen molar-refractivity contribution >= 4 is 22.6 Å². The van der Waals surface area contributed by atoms with Crippen LogP contribution in [-0.4, -0.2) is 20.7 Å². The van der Waals surface area contributed by atoms with E-state index in [4.69, 9.17) is 0 Å². The molecule has 1 amide bonds. The molecule has 1 aliphatic rings. The van der Waals surface area contributed by atoms with Crippen LogP contribution in [0.25, 0.3) is 16.7 Å². The second-order valence-corrected chi connectivity index (χ2v) is 6.77. The van der Waals surface area contributed by atoms with Gasteiger partial charge in [-0.1, -0.05) is 37.5 Å². The number of carbonyl (C=O) groups excluding carboxylic acids is 1. The minimum atomic E-state index is 0.0987. The molecule has 1 aromatic carbocycles. The molecule has 3 aromatic rings. The fourth-order valence-corrected chi connectivity index (χ4v) is 3.53. The van der Waals surface area contributed by atoms with Crippen LogP contribution in [0.15, 0.2) is 42.5 Å². The number of anilines is 1. The van der Waals surface area contributed by atoms with Crippen molar-refractivity contribution in [3.05, 3.63) is 48.2 Å². The molecule has 128 valence electrons. The van der Waals surface area contributed by atoms with Gasteiger partial charge in [-0.15, -0.1) is 0 Å². The van der Waals surface area contributed by atoms with Crippen LogP contribution in [0.2, 0.25) is 0 Å². The van der Waals surface area contributed by atoms with Crippen LogP contribution in [0.5, 0.6) is 0 Å². The van der Waals surface area contributed by atoms with Crippen LogP contribution in [0.3, 0.4) is 0 Å². The molecule has 0 atom stereocenters. The lowest BCUT2D eigenvalue weighted by molar-refractivity contribution is -0.120. The first-order chi connectivity index (χ1) is 12.2. The summed E-state index contributed by atoms with van der Waals surface area (Å²) in [5.74, 6) is 1.62. The van der Waals surface area contributed by atoms with Gasteiger partial charge in [0.2, 0.25) is 5.91 Å². The van der Waals surface area contributed by atoms with Gasteiger partial charge < -0.3 is 5.32 Å². The summed E-state index contributed by atoms with van der Waals surface area (Å²) in [6.45, 7) is 1.92. The monoisotopic (exact) mass is 334 g/mol. The maximum Gasteiger partial charge on any atom is 0.228 e. The molecule has 1 fully saturated rings. The number of pyridine rings is 1. The molecular formula is C20H22N4O. The van der Waals surface area contributed by atoms with Gasteiger partial charge >= 0.3 is 0 Å². The molecule has 1 aliphatic carbocycles. The Morgan fingerprint density at radius 3 is 2.76 bits per heavy atom. The van der Waals surface area contributed by atoms with Gasteiger partial charge in [0.05, 0.1) is 11.2 Å². The zero-order valence-electron chi connectivity index (χ0n) is 14.4. The minimum Gasteiger partial charge on any atom is -0.310 e. The highest BCUT2D eigenvalue weighted by Gasteiger charge is 2.22. The Bertz CT molecular complexity index is 909. The highest BCUT2D eigenvalue weighted by Crippen LogP contribution is 2.26. The third-order valence-electron chi connectivity index (χ3n) is 4.86. The van der Waals surface area contributed by atoms with Gasteiger partial charge in [0.1, 0.15) is 5.82 Å². The standard InChI is InChI=1S/C20H22N4O/c1-14-13-19(22-20(25)16-8-3-2-4-9-16)24(23-14)18-12-11-15-7-5-6-10-17(15)21-18/h5-7,10-13,16H,2-4,8-9H2,1H3,(H,22,25). The van der Waals surface area contributed by atoms with E-state index in [2.05, 4.69) is 15.4 Å². The Hall–Kier alpha value is -2.69. The number of benzene rings is 1. The molecule has 4 rings (SSSR count). The fraction of sp³-hybridized carbons (Fsp3) is 0.350. The third kappa shape index (κ3) is 3.27. The molecule has 0 spiro atoms. The number of nitrogens with zero attached hydrogens (tertiary/aromatic N) is 3. The van der Waals surface area contributed by atoms with Crippen molar-refractivity contribution < 1.29 is 4.79 Å². The maximum atomic E-state index is 12.6. The quantitative estimate of drug-likeness (QED) is 0.779. The van der Waals surface area contributed by atoms with Crippen molar-refractivity contribution in [3.8, 4) is 5.82 Å². The summed E-state index contributed by atoms with van der Waals surface area (Å²) in [5.41, 5.74) is 1.77. The summed E-state index contributed by atoms with van der Waals surface area (Å²) >= 11 is 0. The van der Waals surface area contributed by atoms with Crippen molar-refractivity contribution in [1.29, 1.82) is 0 Å². The molecule has 1 saturated carbocycles. The van der Waals surface area contributed by atoms with Crippen LogP contribution in [0.1, 0.15) is 37.8 Å². The molecule has 0 unspecified atom stereocenters. The number of nitrogens with one attached hydrogen (secondary N) is 1. The smallest absolute Gasteiger partial charge is 0.228 e. The van der Waals surface area contributed by atoms with Crippen LogP contribution in [0, 0.1) is 12.8 Å². The van der Waals surface area contributed by atoms with Crippen molar-refractivity contribution in [2.24, 2.45) is 5.92 Å². The Kier molecular flexibility index (Phi) is 4.22. The maximum absolute atomic E-state index is 12.6. The largest absolute Gasteiger partial charge is 0.310 e. The second kappa shape index (κ2) is 6.67. The lowest BCUT2D eigenvalue weighted by Gasteiger charge is -2.20. The third-order valence-corrected chi connectivity index (χ3v) is 4.86. The van der Waals surface area contributed by atoms with Gasteiger partial charge in [-0.3, -0.25) is 4.79 Å². The summed E-state index contributed by atoms with van der Waals surface area (Å²) in [6, 6.07) is 13.8. The lowest BCUT2D eigenvalue weighted by atomic mass is 9.89. The number of rotatable bonds is 3. The van der Waals surface area contributed by atoms with E-state index in [9.17, 15) is 4.79 Å². The van der Waals surface area contributed by atoms with E-state index in [0.717, 1.165) is 42.3 Å². The molecule has 0 bridgehead atoms. The van der Waals surface area contributed by atoms with E-state index in [1.165, 1.54) is 6.42 Å². The number of aryl methyl sites for hydroxylation is 1. The van der Waals surface area contributed by atoms with Gasteiger partial charge in [0.25, 0.3) is 0 Å². The molecule has 5 nitrogen and oxygen atoms in total. The number of fused-ring (bicyclic) bond motifs is 1. The van der Waals surface area contributed by atoms with Crippen molar-refractivity contribution in [3.63, 3.8) is 0 Å². The predicted molar refractivity (Wildman–Crippen MR) is 98.8 cm³/mol. The Morgan fingerprint density at radius 1 is 1.12 bits per heavy atom. The van der Waals surface area contributed by atoms with Gasteiger partial charge in [-0.05, 0) is 38.0 Å². The van der Waals surface area contributed by atoms with Gasteiger partial charge in [0.15, 0.2) is 5.82 Å². The van der Waals surface area contributed by atoms with Crippen molar-refractivity contribution in [1.82, 2.24) is 14.8 Å². The first-order valence-corrected chi connectivity index (χ1v) is 8.94. The normalized spacial score (nSPS) is 15.4. The van der Waals surface area contributed by atoms with Crippen molar-refractivity contribution in [2.75, 3.05) is 5.32 Å². The summed E-state index contributed by atoms with van der Waals surface area (Å²) in [5, 5.41) is 8.68. The molecule has 0 saturated heterocycles. The highest BCUT2D eigenvalue weighted by molar-refractivity contribution is 5.92. The highest BCUT2D eigenvalue weighted by atomic mass is 16.2. The molecule has 0 radical (unpaired) electrons. The summed E-state index contributed by atoms with van der Waals surface area (Å²) in [6.07, 6.45) is 5.48. The minimum absolute atomic E-state index is 0.0987. The molecule has 5 heteroatoms. The molecule has 2 aromatic heterocycles. The Labute approximate surface area is 147 Å². The van der Waals surface area contributed by atoms with Crippen LogP contribution in [-0.2, 0) is 4.79 Å². The molecule has 2 heterocycles. The number of carbonyl (C=O) groups is 1. The SMILES string of the molecule is Cc1cc(NC(=O)C2CCCCC2)n(-c2ccc3ccccc3n2)n1. The average molecular weight is 334 g/mol. The Balaban J connectivity index is 1.64. The van der Waals surface area contributed by atoms with E-state index >= 15 is 0 Å². The van der Waals surface area contributed by atoms with E-state index in [1.54, 1.807) is 4.68 Å². The number of para-hydroxylation sites is 1. The molecule has 0 aliphatic heterocycles. The fourth-order valence-electron chi connectivity index (χ4n) is 3.53. The average Bonchev–Trinajstić information content (AvgIpc) is 3.02. The zero-order valence-corrected chi connectivity index (χ0v) is 14.4. The number of hydrogen-bond acceptors (Lipinski definition) is 3. The molecule has 25 heavy (non-hydrogen) atoms. The van der Waals surface area contributed by atoms with Crippen LogP contribution in [0.4, 0.5) is 5.82 Å². The topological polar surface area (TPSA) is 59.8 Å². The van der Waals surface area contributed by atoms with Crippen LogP contribution >= 0.6 is 0 Å². The molecule has 1 N–H and O–H groups in total. The lowest BCUT2D eigenvalue weighted by Crippen LogP contribution is -2.26. The number of hydrogen-bond donors (Lipinski definition) is 1. The summed E-state index contributed by atoms with van der Waals surface area (Å²) < 4.78 is 1.72.